The molecule has 1 aromatic carbocycles. The molecule has 2 aromatic rings. The van der Waals surface area contributed by atoms with Crippen molar-refractivity contribution in [2.75, 3.05) is 0 Å². The first kappa shape index (κ1) is 12.4. The van der Waals surface area contributed by atoms with Crippen molar-refractivity contribution in [3.05, 3.63) is 47.0 Å². The van der Waals surface area contributed by atoms with Gasteiger partial charge in [-0.2, -0.15) is 4.98 Å². The summed E-state index contributed by atoms with van der Waals surface area (Å²) in [4.78, 5) is 8.02. The lowest BCUT2D eigenvalue weighted by molar-refractivity contribution is 0.279. The highest BCUT2D eigenvalue weighted by Gasteiger charge is 2.06. The van der Waals surface area contributed by atoms with Crippen molar-refractivity contribution in [3.8, 4) is 11.8 Å². The molecule has 0 bridgehead atoms. The van der Waals surface area contributed by atoms with Crippen LogP contribution in [-0.2, 0) is 6.61 Å². The Morgan fingerprint density at radius 2 is 2.11 bits per heavy atom. The highest BCUT2D eigenvalue weighted by Crippen LogP contribution is 2.21. The molecule has 0 aliphatic heterocycles. The number of nitrogens with zero attached hydrogens (tertiary/aromatic N) is 2. The third kappa shape index (κ3) is 2.62. The predicted octanol–water partition coefficient (Wildman–Crippen LogP) is 2.52. The van der Waals surface area contributed by atoms with Crippen molar-refractivity contribution >= 4 is 0 Å². The molecule has 0 fully saturated rings. The van der Waals surface area contributed by atoms with Crippen molar-refractivity contribution in [1.82, 2.24) is 9.97 Å². The summed E-state index contributed by atoms with van der Waals surface area (Å²) < 4.78 is 18.7. The summed E-state index contributed by atoms with van der Waals surface area (Å²) in [6, 6.07) is 4.69. The summed E-state index contributed by atoms with van der Waals surface area (Å²) in [5, 5.41) is 9.00. The van der Waals surface area contributed by atoms with Crippen LogP contribution in [0.1, 0.15) is 16.8 Å². The Bertz CT molecular complexity index is 573. The molecule has 1 N–H and O–H groups in total. The van der Waals surface area contributed by atoms with Crippen molar-refractivity contribution < 1.29 is 14.2 Å². The molecule has 94 valence electrons. The van der Waals surface area contributed by atoms with E-state index in [1.54, 1.807) is 26.0 Å². The lowest BCUT2D eigenvalue weighted by Gasteiger charge is -2.07. The van der Waals surface area contributed by atoms with Gasteiger partial charge in [-0.1, -0.05) is 6.07 Å². The lowest BCUT2D eigenvalue weighted by Crippen LogP contribution is -1.98. The summed E-state index contributed by atoms with van der Waals surface area (Å²) in [5.74, 6) is 0.00505. The van der Waals surface area contributed by atoms with Crippen LogP contribution in [0.4, 0.5) is 4.39 Å². The summed E-state index contributed by atoms with van der Waals surface area (Å²) in [6.07, 6.45) is 1.49. The molecule has 0 saturated carbocycles. The zero-order valence-electron chi connectivity index (χ0n) is 10.1. The molecule has 18 heavy (non-hydrogen) atoms. The van der Waals surface area contributed by atoms with E-state index in [0.717, 1.165) is 0 Å². The van der Waals surface area contributed by atoms with Gasteiger partial charge in [-0.3, -0.25) is 0 Å². The van der Waals surface area contributed by atoms with E-state index in [-0.39, 0.29) is 18.4 Å². The predicted molar refractivity (Wildman–Crippen MR) is 63.9 cm³/mol. The number of aryl methyl sites for hydroxylation is 2. The third-order valence-corrected chi connectivity index (χ3v) is 2.58. The summed E-state index contributed by atoms with van der Waals surface area (Å²) in [5.41, 5.74) is 1.82. The topological polar surface area (TPSA) is 55.2 Å². The number of aromatic nitrogens is 2. The van der Waals surface area contributed by atoms with Gasteiger partial charge < -0.3 is 9.84 Å². The van der Waals surface area contributed by atoms with Gasteiger partial charge in [0.25, 0.3) is 0 Å². The van der Waals surface area contributed by atoms with E-state index >= 15 is 0 Å². The van der Waals surface area contributed by atoms with Crippen LogP contribution in [0.25, 0.3) is 0 Å². The number of aliphatic hydroxyl groups excluding tert-OH is 1. The van der Waals surface area contributed by atoms with Crippen LogP contribution in [0.3, 0.4) is 0 Å². The van der Waals surface area contributed by atoms with Gasteiger partial charge in [-0.15, -0.1) is 0 Å². The standard InChI is InChI=1S/C13H13FN2O2/c1-8-3-4-11(5-12(8)14)18-13-15-6-10(7-17)9(2)16-13/h3-6,17H,7H2,1-2H3. The van der Waals surface area contributed by atoms with E-state index in [1.165, 1.54) is 12.3 Å². The molecule has 0 saturated heterocycles. The maximum Gasteiger partial charge on any atom is 0.322 e. The van der Waals surface area contributed by atoms with Gasteiger partial charge in [0.1, 0.15) is 11.6 Å². The molecule has 0 unspecified atom stereocenters. The van der Waals surface area contributed by atoms with Gasteiger partial charge in [0, 0.05) is 17.8 Å². The highest BCUT2D eigenvalue weighted by atomic mass is 19.1. The van der Waals surface area contributed by atoms with Crippen LogP contribution in [0, 0.1) is 19.7 Å². The van der Waals surface area contributed by atoms with E-state index < -0.39 is 0 Å². The first-order valence-electron chi connectivity index (χ1n) is 5.47. The molecule has 0 aliphatic carbocycles. The SMILES string of the molecule is Cc1ccc(Oc2ncc(CO)c(C)n2)cc1F. The molecule has 0 amide bonds. The Morgan fingerprint density at radius 1 is 1.33 bits per heavy atom. The van der Waals surface area contributed by atoms with Crippen LogP contribution in [0.5, 0.6) is 11.8 Å². The average Bonchev–Trinajstić information content (AvgIpc) is 2.34. The Morgan fingerprint density at radius 3 is 2.72 bits per heavy atom. The molecule has 1 aromatic heterocycles. The van der Waals surface area contributed by atoms with Crippen molar-refractivity contribution in [2.45, 2.75) is 20.5 Å². The maximum atomic E-state index is 13.3. The fraction of sp³-hybridized carbons (Fsp3) is 0.231. The molecule has 0 radical (unpaired) electrons. The molecule has 1 heterocycles. The highest BCUT2D eigenvalue weighted by molar-refractivity contribution is 5.30. The van der Waals surface area contributed by atoms with Crippen molar-refractivity contribution in [1.29, 1.82) is 0 Å². The quantitative estimate of drug-likeness (QED) is 0.906. The second-order valence-electron chi connectivity index (χ2n) is 3.93. The summed E-state index contributed by atoms with van der Waals surface area (Å²) in [6.45, 7) is 3.30. The molecule has 2 rings (SSSR count). The normalized spacial score (nSPS) is 10.4. The van der Waals surface area contributed by atoms with E-state index in [0.29, 0.717) is 22.6 Å². The number of rotatable bonds is 3. The zero-order valence-corrected chi connectivity index (χ0v) is 10.1. The molecule has 4 nitrogen and oxygen atoms in total. The van der Waals surface area contributed by atoms with Gasteiger partial charge in [0.2, 0.25) is 0 Å². The molecule has 0 atom stereocenters. The number of aliphatic hydroxyl groups is 1. The number of benzene rings is 1. The van der Waals surface area contributed by atoms with Gasteiger partial charge in [0.05, 0.1) is 12.3 Å². The molecular formula is C13H13FN2O2. The second-order valence-corrected chi connectivity index (χ2v) is 3.93. The van der Waals surface area contributed by atoms with Crippen LogP contribution >= 0.6 is 0 Å². The Hall–Kier alpha value is -2.01. The Kier molecular flexibility index (Phi) is 3.53. The fourth-order valence-electron chi connectivity index (χ4n) is 1.42. The van der Waals surface area contributed by atoms with Gasteiger partial charge in [-0.25, -0.2) is 9.37 Å². The zero-order chi connectivity index (χ0) is 13.1. The van der Waals surface area contributed by atoms with Crippen molar-refractivity contribution in [2.24, 2.45) is 0 Å². The average molecular weight is 248 g/mol. The monoisotopic (exact) mass is 248 g/mol. The second kappa shape index (κ2) is 5.10. The van der Waals surface area contributed by atoms with E-state index in [1.807, 2.05) is 0 Å². The minimum Gasteiger partial charge on any atom is -0.424 e. The minimum atomic E-state index is -0.337. The van der Waals surface area contributed by atoms with Crippen LogP contribution < -0.4 is 4.74 Å². The van der Waals surface area contributed by atoms with Gasteiger partial charge in [-0.05, 0) is 25.5 Å². The molecular weight excluding hydrogens is 235 g/mol. The number of ether oxygens (including phenoxy) is 1. The maximum absolute atomic E-state index is 13.3. The largest absolute Gasteiger partial charge is 0.424 e. The van der Waals surface area contributed by atoms with Crippen molar-refractivity contribution in [3.63, 3.8) is 0 Å². The number of hydrogen-bond donors (Lipinski definition) is 1. The Balaban J connectivity index is 2.23. The first-order chi connectivity index (χ1) is 8.60. The van der Waals surface area contributed by atoms with E-state index in [9.17, 15) is 4.39 Å². The summed E-state index contributed by atoms with van der Waals surface area (Å²) >= 11 is 0. The minimum absolute atomic E-state index is 0.120. The van der Waals surface area contributed by atoms with E-state index in [2.05, 4.69) is 9.97 Å². The van der Waals surface area contributed by atoms with Crippen LogP contribution in [-0.4, -0.2) is 15.1 Å². The number of hydrogen-bond acceptors (Lipinski definition) is 4. The summed E-state index contributed by atoms with van der Waals surface area (Å²) in [7, 11) is 0. The smallest absolute Gasteiger partial charge is 0.322 e. The Labute approximate surface area is 104 Å². The molecule has 0 spiro atoms. The van der Waals surface area contributed by atoms with Gasteiger partial charge >= 0.3 is 6.01 Å². The van der Waals surface area contributed by atoms with Crippen LogP contribution in [0.15, 0.2) is 24.4 Å². The number of halogens is 1. The van der Waals surface area contributed by atoms with Gasteiger partial charge in [0.15, 0.2) is 0 Å². The molecule has 5 heteroatoms. The van der Waals surface area contributed by atoms with Crippen LogP contribution in [0.2, 0.25) is 0 Å². The fourth-order valence-corrected chi connectivity index (χ4v) is 1.42. The van der Waals surface area contributed by atoms with E-state index in [4.69, 9.17) is 9.84 Å². The molecule has 0 aliphatic rings. The third-order valence-electron chi connectivity index (χ3n) is 2.58. The lowest BCUT2D eigenvalue weighted by atomic mass is 10.2. The first-order valence-corrected chi connectivity index (χ1v) is 5.47.